The third-order valence-corrected chi connectivity index (χ3v) is 2.49. The molecule has 0 aliphatic heterocycles. The van der Waals surface area contributed by atoms with Crippen LogP contribution in [0.25, 0.3) is 11.1 Å². The number of rotatable bonds is 2. The van der Waals surface area contributed by atoms with E-state index in [4.69, 9.17) is 0 Å². The van der Waals surface area contributed by atoms with Crippen LogP contribution in [0.5, 0.6) is 0 Å². The van der Waals surface area contributed by atoms with Crippen LogP contribution in [0.15, 0.2) is 30.5 Å². The third-order valence-electron chi connectivity index (χ3n) is 2.49. The molecule has 15 heavy (non-hydrogen) atoms. The average molecular weight is 202 g/mol. The standard InChI is InChI=1S/C12H14N2O/c1-9-5-3-4-6-10(9)11-7-14(2)13-12(11)8-15/h3-7,15H,8H2,1-2H3. The molecule has 1 aromatic carbocycles. The molecule has 0 fully saturated rings. The van der Waals surface area contributed by atoms with E-state index >= 15 is 0 Å². The molecular formula is C12H14N2O. The van der Waals surface area contributed by atoms with Crippen molar-refractivity contribution in [2.24, 2.45) is 7.05 Å². The van der Waals surface area contributed by atoms with Gasteiger partial charge >= 0.3 is 0 Å². The van der Waals surface area contributed by atoms with Gasteiger partial charge in [-0.25, -0.2) is 0 Å². The number of hydrogen-bond donors (Lipinski definition) is 1. The lowest BCUT2D eigenvalue weighted by Gasteiger charge is -2.03. The molecule has 2 rings (SSSR count). The highest BCUT2D eigenvalue weighted by Gasteiger charge is 2.10. The van der Waals surface area contributed by atoms with Crippen molar-refractivity contribution in [3.63, 3.8) is 0 Å². The topological polar surface area (TPSA) is 38.0 Å². The predicted octanol–water partition coefficient (Wildman–Crippen LogP) is 1.89. The zero-order chi connectivity index (χ0) is 10.8. The van der Waals surface area contributed by atoms with Crippen LogP contribution in [-0.2, 0) is 13.7 Å². The van der Waals surface area contributed by atoms with Crippen molar-refractivity contribution in [2.75, 3.05) is 0 Å². The Hall–Kier alpha value is -1.61. The first-order chi connectivity index (χ1) is 7.22. The summed E-state index contributed by atoms with van der Waals surface area (Å²) < 4.78 is 1.73. The van der Waals surface area contributed by atoms with Crippen LogP contribution in [0.3, 0.4) is 0 Å². The largest absolute Gasteiger partial charge is 0.390 e. The number of aliphatic hydroxyl groups is 1. The molecule has 1 N–H and O–H groups in total. The van der Waals surface area contributed by atoms with E-state index in [1.807, 2.05) is 31.4 Å². The number of aryl methyl sites for hydroxylation is 2. The van der Waals surface area contributed by atoms with E-state index < -0.39 is 0 Å². The maximum absolute atomic E-state index is 9.21. The van der Waals surface area contributed by atoms with Crippen molar-refractivity contribution in [3.05, 3.63) is 41.7 Å². The molecule has 0 amide bonds. The molecule has 1 heterocycles. The lowest BCUT2D eigenvalue weighted by atomic mass is 10.0. The minimum absolute atomic E-state index is 0.0233. The molecule has 0 saturated carbocycles. The van der Waals surface area contributed by atoms with Gasteiger partial charge in [-0.3, -0.25) is 4.68 Å². The monoisotopic (exact) mass is 202 g/mol. The van der Waals surface area contributed by atoms with Crippen LogP contribution in [0, 0.1) is 6.92 Å². The molecule has 0 radical (unpaired) electrons. The smallest absolute Gasteiger partial charge is 0.0957 e. The van der Waals surface area contributed by atoms with Crippen molar-refractivity contribution in [2.45, 2.75) is 13.5 Å². The van der Waals surface area contributed by atoms with Gasteiger partial charge in [-0.05, 0) is 18.1 Å². The maximum atomic E-state index is 9.21. The molecule has 3 heteroatoms. The van der Waals surface area contributed by atoms with Crippen LogP contribution in [0.1, 0.15) is 11.3 Å². The molecule has 2 aromatic rings. The lowest BCUT2D eigenvalue weighted by molar-refractivity contribution is 0.276. The summed E-state index contributed by atoms with van der Waals surface area (Å²) in [6, 6.07) is 8.11. The summed E-state index contributed by atoms with van der Waals surface area (Å²) >= 11 is 0. The summed E-state index contributed by atoms with van der Waals surface area (Å²) in [5, 5.41) is 13.4. The van der Waals surface area contributed by atoms with E-state index in [-0.39, 0.29) is 6.61 Å². The molecule has 3 nitrogen and oxygen atoms in total. The van der Waals surface area contributed by atoms with Crippen molar-refractivity contribution in [1.82, 2.24) is 9.78 Å². The molecule has 0 spiro atoms. The van der Waals surface area contributed by atoms with E-state index in [0.717, 1.165) is 16.8 Å². The van der Waals surface area contributed by atoms with Gasteiger partial charge in [-0.15, -0.1) is 0 Å². The predicted molar refractivity (Wildman–Crippen MR) is 59.3 cm³/mol. The molecule has 0 bridgehead atoms. The zero-order valence-corrected chi connectivity index (χ0v) is 8.94. The molecule has 0 saturated heterocycles. The van der Waals surface area contributed by atoms with Crippen LogP contribution in [0.2, 0.25) is 0 Å². The minimum Gasteiger partial charge on any atom is -0.390 e. The first-order valence-corrected chi connectivity index (χ1v) is 4.91. The second-order valence-electron chi connectivity index (χ2n) is 3.64. The molecule has 0 atom stereocenters. The molecule has 0 aliphatic carbocycles. The van der Waals surface area contributed by atoms with Crippen LogP contribution in [-0.4, -0.2) is 14.9 Å². The Kier molecular flexibility index (Phi) is 2.56. The van der Waals surface area contributed by atoms with Gasteiger partial charge in [0.15, 0.2) is 0 Å². The van der Waals surface area contributed by atoms with E-state index in [1.54, 1.807) is 4.68 Å². The second kappa shape index (κ2) is 3.87. The first kappa shape index (κ1) is 9.93. The summed E-state index contributed by atoms with van der Waals surface area (Å²) in [6.45, 7) is 2.04. The maximum Gasteiger partial charge on any atom is 0.0957 e. The summed E-state index contributed by atoms with van der Waals surface area (Å²) in [6.07, 6.45) is 1.94. The van der Waals surface area contributed by atoms with E-state index in [9.17, 15) is 5.11 Å². The summed E-state index contributed by atoms with van der Waals surface area (Å²) in [5.74, 6) is 0. The van der Waals surface area contributed by atoms with E-state index in [1.165, 1.54) is 5.56 Å². The number of hydrogen-bond acceptors (Lipinski definition) is 2. The molecule has 78 valence electrons. The quantitative estimate of drug-likeness (QED) is 0.807. The van der Waals surface area contributed by atoms with Gasteiger partial charge in [0.05, 0.1) is 12.3 Å². The molecular weight excluding hydrogens is 188 g/mol. The van der Waals surface area contributed by atoms with Gasteiger partial charge in [-0.2, -0.15) is 5.10 Å². The fourth-order valence-electron chi connectivity index (χ4n) is 1.75. The van der Waals surface area contributed by atoms with Crippen molar-refractivity contribution in [1.29, 1.82) is 0 Å². The highest BCUT2D eigenvalue weighted by Crippen LogP contribution is 2.25. The Labute approximate surface area is 89.0 Å². The number of benzene rings is 1. The van der Waals surface area contributed by atoms with Gasteiger partial charge in [0, 0.05) is 18.8 Å². The Balaban J connectivity index is 2.58. The summed E-state index contributed by atoms with van der Waals surface area (Å²) in [7, 11) is 1.86. The fraction of sp³-hybridized carbons (Fsp3) is 0.250. The van der Waals surface area contributed by atoms with Gasteiger partial charge < -0.3 is 5.11 Å². The third kappa shape index (κ3) is 1.78. The fourth-order valence-corrected chi connectivity index (χ4v) is 1.75. The average Bonchev–Trinajstić information content (AvgIpc) is 2.60. The normalized spacial score (nSPS) is 10.6. The van der Waals surface area contributed by atoms with Crippen molar-refractivity contribution < 1.29 is 5.11 Å². The second-order valence-corrected chi connectivity index (χ2v) is 3.64. The minimum atomic E-state index is -0.0233. The van der Waals surface area contributed by atoms with Crippen LogP contribution < -0.4 is 0 Å². The highest BCUT2D eigenvalue weighted by molar-refractivity contribution is 5.68. The highest BCUT2D eigenvalue weighted by atomic mass is 16.3. The lowest BCUT2D eigenvalue weighted by Crippen LogP contribution is -1.91. The van der Waals surface area contributed by atoms with E-state index in [2.05, 4.69) is 18.1 Å². The van der Waals surface area contributed by atoms with Crippen LogP contribution in [0.4, 0.5) is 0 Å². The summed E-state index contributed by atoms with van der Waals surface area (Å²) in [5.41, 5.74) is 4.07. The Morgan fingerprint density at radius 3 is 2.67 bits per heavy atom. The Morgan fingerprint density at radius 2 is 2.00 bits per heavy atom. The number of nitrogens with zero attached hydrogens (tertiary/aromatic N) is 2. The SMILES string of the molecule is Cc1ccccc1-c1cn(C)nc1CO. The molecule has 0 aliphatic rings. The Morgan fingerprint density at radius 1 is 1.27 bits per heavy atom. The first-order valence-electron chi connectivity index (χ1n) is 4.91. The number of aromatic nitrogens is 2. The molecule has 0 unspecified atom stereocenters. The molecule has 1 aromatic heterocycles. The van der Waals surface area contributed by atoms with E-state index in [0.29, 0.717) is 0 Å². The number of aliphatic hydroxyl groups excluding tert-OH is 1. The van der Waals surface area contributed by atoms with Crippen LogP contribution >= 0.6 is 0 Å². The van der Waals surface area contributed by atoms with Gasteiger partial charge in [0.25, 0.3) is 0 Å². The van der Waals surface area contributed by atoms with Crippen molar-refractivity contribution in [3.8, 4) is 11.1 Å². The zero-order valence-electron chi connectivity index (χ0n) is 8.94. The summed E-state index contributed by atoms with van der Waals surface area (Å²) in [4.78, 5) is 0. The van der Waals surface area contributed by atoms with Gasteiger partial charge in [0.2, 0.25) is 0 Å². The van der Waals surface area contributed by atoms with Crippen molar-refractivity contribution >= 4 is 0 Å². The Bertz CT molecular complexity index is 474. The van der Waals surface area contributed by atoms with Gasteiger partial charge in [-0.1, -0.05) is 24.3 Å². The van der Waals surface area contributed by atoms with Gasteiger partial charge in [0.1, 0.15) is 0 Å².